The van der Waals surface area contributed by atoms with Crippen LogP contribution in [0.4, 0.5) is 17.1 Å². The van der Waals surface area contributed by atoms with Crippen molar-refractivity contribution in [1.82, 2.24) is 0 Å². The molecule has 9 aromatic carbocycles. The average molecular weight is 772 g/mol. The van der Waals surface area contributed by atoms with Crippen LogP contribution in [0.3, 0.4) is 0 Å². The molecular weight excluding hydrogens is 727 g/mol. The minimum Gasteiger partial charge on any atom is -0.456 e. The SMILES string of the molecule is c1ccc(-c2ccc(N(c3cccc(-c4cccc5oc6ccccc6c45)c3)c3ccccc3-c3cccc4cccc(C5CCCCC5)c34)c(-c3ccccc3)c2)cc1. The molecule has 0 spiro atoms. The highest BCUT2D eigenvalue weighted by molar-refractivity contribution is 6.13. The first-order valence-electron chi connectivity index (χ1n) is 21.5. The third kappa shape index (κ3) is 6.46. The number of nitrogens with zero attached hydrogens (tertiary/aromatic N) is 1. The molecule has 1 aliphatic rings. The monoisotopic (exact) mass is 771 g/mol. The number of para-hydroxylation sites is 2. The molecule has 0 saturated heterocycles. The summed E-state index contributed by atoms with van der Waals surface area (Å²) < 4.78 is 6.39. The fourth-order valence-electron chi connectivity index (χ4n) is 9.87. The highest BCUT2D eigenvalue weighted by atomic mass is 16.3. The van der Waals surface area contributed by atoms with Gasteiger partial charge in [-0.2, -0.15) is 0 Å². The van der Waals surface area contributed by atoms with Crippen molar-refractivity contribution in [3.8, 4) is 44.5 Å². The Kier molecular flexibility index (Phi) is 9.32. The highest BCUT2D eigenvalue weighted by Gasteiger charge is 2.25. The molecule has 1 heterocycles. The molecular formula is C58H45NO. The molecule has 0 atom stereocenters. The molecule has 0 amide bonds. The number of furan rings is 1. The Hall–Kier alpha value is -7.16. The zero-order chi connectivity index (χ0) is 39.8. The fourth-order valence-corrected chi connectivity index (χ4v) is 9.87. The Morgan fingerprint density at radius 3 is 1.87 bits per heavy atom. The molecule has 2 heteroatoms. The van der Waals surface area contributed by atoms with Gasteiger partial charge in [-0.25, -0.2) is 0 Å². The van der Waals surface area contributed by atoms with E-state index in [-0.39, 0.29) is 0 Å². The maximum absolute atomic E-state index is 6.39. The van der Waals surface area contributed by atoms with Gasteiger partial charge in [-0.15, -0.1) is 0 Å². The highest BCUT2D eigenvalue weighted by Crippen LogP contribution is 2.49. The number of rotatable bonds is 8. The standard InChI is InChI=1S/C58H45NO/c1-4-18-40(19-5-1)44-36-37-54(52(39-44)42-22-8-3-9-23-42)59(46-27-14-26-45(38-46)48-31-17-35-56-58(48)51-29-11-13-34-55(51)60-56)53-33-12-10-28-49(53)50-32-16-25-43-24-15-30-47(57(43)50)41-20-6-2-7-21-41/h1,3-5,8-19,22-39,41H,2,6-7,20-21H2. The van der Waals surface area contributed by atoms with E-state index in [1.54, 1.807) is 0 Å². The molecule has 1 saturated carbocycles. The maximum atomic E-state index is 6.39. The van der Waals surface area contributed by atoms with Gasteiger partial charge in [0.25, 0.3) is 0 Å². The van der Waals surface area contributed by atoms with Crippen molar-refractivity contribution in [3.63, 3.8) is 0 Å². The molecule has 0 aliphatic heterocycles. The lowest BCUT2D eigenvalue weighted by Gasteiger charge is -2.31. The van der Waals surface area contributed by atoms with Gasteiger partial charge in [0.2, 0.25) is 0 Å². The lowest BCUT2D eigenvalue weighted by molar-refractivity contribution is 0.445. The van der Waals surface area contributed by atoms with Crippen molar-refractivity contribution < 1.29 is 4.42 Å². The number of benzene rings is 9. The van der Waals surface area contributed by atoms with Gasteiger partial charge in [-0.1, -0.05) is 183 Å². The van der Waals surface area contributed by atoms with E-state index in [0.717, 1.165) is 50.1 Å². The first-order valence-corrected chi connectivity index (χ1v) is 21.5. The summed E-state index contributed by atoms with van der Waals surface area (Å²) in [7, 11) is 0. The van der Waals surface area contributed by atoms with Crippen LogP contribution in [0.1, 0.15) is 43.6 Å². The van der Waals surface area contributed by atoms with E-state index in [1.807, 2.05) is 6.07 Å². The summed E-state index contributed by atoms with van der Waals surface area (Å²) in [5.74, 6) is 0.570. The topological polar surface area (TPSA) is 16.4 Å². The summed E-state index contributed by atoms with van der Waals surface area (Å²) in [5, 5.41) is 4.95. The molecule has 60 heavy (non-hydrogen) atoms. The minimum atomic E-state index is 0.570. The van der Waals surface area contributed by atoms with Crippen molar-refractivity contribution in [3.05, 3.63) is 212 Å². The number of fused-ring (bicyclic) bond motifs is 4. The minimum absolute atomic E-state index is 0.570. The molecule has 1 aromatic heterocycles. The average Bonchev–Trinajstić information content (AvgIpc) is 3.72. The predicted octanol–water partition coefficient (Wildman–Crippen LogP) is 16.9. The smallest absolute Gasteiger partial charge is 0.136 e. The van der Waals surface area contributed by atoms with Crippen LogP contribution in [0.15, 0.2) is 211 Å². The molecule has 0 unspecified atom stereocenters. The van der Waals surface area contributed by atoms with Gasteiger partial charge in [0.05, 0.1) is 11.4 Å². The van der Waals surface area contributed by atoms with Gasteiger partial charge in [0, 0.05) is 27.6 Å². The van der Waals surface area contributed by atoms with Crippen molar-refractivity contribution in [2.75, 3.05) is 4.90 Å². The summed E-state index contributed by atoms with van der Waals surface area (Å²) in [6.07, 6.45) is 6.44. The number of anilines is 3. The second-order valence-corrected chi connectivity index (χ2v) is 16.2. The molecule has 0 bridgehead atoms. The quantitative estimate of drug-likeness (QED) is 0.153. The van der Waals surface area contributed by atoms with Crippen LogP contribution in [0.25, 0.3) is 77.2 Å². The summed E-state index contributed by atoms with van der Waals surface area (Å²) in [6, 6.07) is 75.4. The molecule has 11 rings (SSSR count). The molecule has 0 N–H and O–H groups in total. The van der Waals surface area contributed by atoms with Crippen molar-refractivity contribution in [2.45, 2.75) is 38.0 Å². The summed E-state index contributed by atoms with van der Waals surface area (Å²) in [6.45, 7) is 0. The van der Waals surface area contributed by atoms with Crippen LogP contribution < -0.4 is 4.90 Å². The Labute approximate surface area is 352 Å². The van der Waals surface area contributed by atoms with Crippen LogP contribution in [0.2, 0.25) is 0 Å². The van der Waals surface area contributed by atoms with Crippen molar-refractivity contribution in [2.24, 2.45) is 0 Å². The molecule has 2 nitrogen and oxygen atoms in total. The first-order chi connectivity index (χ1) is 29.8. The van der Waals surface area contributed by atoms with Gasteiger partial charge < -0.3 is 9.32 Å². The van der Waals surface area contributed by atoms with Crippen LogP contribution in [0.5, 0.6) is 0 Å². The Morgan fingerprint density at radius 1 is 0.383 bits per heavy atom. The van der Waals surface area contributed by atoms with Crippen LogP contribution in [-0.2, 0) is 0 Å². The number of hydrogen-bond donors (Lipinski definition) is 0. The van der Waals surface area contributed by atoms with Crippen LogP contribution in [0, 0.1) is 0 Å². The Balaban J connectivity index is 1.18. The molecule has 0 radical (unpaired) electrons. The third-order valence-electron chi connectivity index (χ3n) is 12.7. The van der Waals surface area contributed by atoms with Gasteiger partial charge >= 0.3 is 0 Å². The first kappa shape index (κ1) is 36.0. The zero-order valence-corrected chi connectivity index (χ0v) is 33.6. The lowest BCUT2D eigenvalue weighted by Crippen LogP contribution is -2.13. The molecule has 1 fully saturated rings. The van der Waals surface area contributed by atoms with Gasteiger partial charge in [-0.3, -0.25) is 0 Å². The maximum Gasteiger partial charge on any atom is 0.136 e. The van der Waals surface area contributed by atoms with E-state index < -0.39 is 0 Å². The van der Waals surface area contributed by atoms with Crippen LogP contribution >= 0.6 is 0 Å². The largest absolute Gasteiger partial charge is 0.456 e. The van der Waals surface area contributed by atoms with Crippen molar-refractivity contribution in [1.29, 1.82) is 0 Å². The third-order valence-corrected chi connectivity index (χ3v) is 12.7. The van der Waals surface area contributed by atoms with E-state index in [0.29, 0.717) is 5.92 Å². The summed E-state index contributed by atoms with van der Waals surface area (Å²) in [4.78, 5) is 2.51. The van der Waals surface area contributed by atoms with E-state index in [4.69, 9.17) is 4.42 Å². The van der Waals surface area contributed by atoms with Crippen LogP contribution in [-0.4, -0.2) is 0 Å². The van der Waals surface area contributed by atoms with E-state index in [2.05, 4.69) is 205 Å². The van der Waals surface area contributed by atoms with E-state index in [9.17, 15) is 0 Å². The molecule has 10 aromatic rings. The normalized spacial score (nSPS) is 13.3. The zero-order valence-electron chi connectivity index (χ0n) is 33.6. The van der Waals surface area contributed by atoms with Gasteiger partial charge in [0.15, 0.2) is 0 Å². The molecule has 288 valence electrons. The van der Waals surface area contributed by atoms with Gasteiger partial charge in [-0.05, 0) is 111 Å². The van der Waals surface area contributed by atoms with E-state index in [1.165, 1.54) is 81.8 Å². The lowest BCUT2D eigenvalue weighted by atomic mass is 9.80. The Morgan fingerprint density at radius 2 is 1.02 bits per heavy atom. The summed E-state index contributed by atoms with van der Waals surface area (Å²) >= 11 is 0. The fraction of sp³-hybridized carbons (Fsp3) is 0.103. The molecule has 1 aliphatic carbocycles. The second-order valence-electron chi connectivity index (χ2n) is 16.2. The number of hydrogen-bond acceptors (Lipinski definition) is 2. The second kappa shape index (κ2) is 15.5. The Bertz CT molecular complexity index is 3130. The summed E-state index contributed by atoms with van der Waals surface area (Å²) in [5.41, 5.74) is 16.1. The van der Waals surface area contributed by atoms with E-state index >= 15 is 0 Å². The van der Waals surface area contributed by atoms with Gasteiger partial charge in [0.1, 0.15) is 11.2 Å². The predicted molar refractivity (Wildman–Crippen MR) is 253 cm³/mol. The van der Waals surface area contributed by atoms with Crippen molar-refractivity contribution >= 4 is 49.8 Å².